The summed E-state index contributed by atoms with van der Waals surface area (Å²) in [5.74, 6) is 0. The van der Waals surface area contributed by atoms with Crippen molar-refractivity contribution in [2.75, 3.05) is 14.2 Å². The highest BCUT2D eigenvalue weighted by Crippen LogP contribution is 1.92. The predicted octanol–water partition coefficient (Wildman–Crippen LogP) is -1.45. The summed E-state index contributed by atoms with van der Waals surface area (Å²) in [6.07, 6.45) is 0.644. The summed E-state index contributed by atoms with van der Waals surface area (Å²) >= 11 is 0. The van der Waals surface area contributed by atoms with Crippen LogP contribution in [0.1, 0.15) is 0 Å². The van der Waals surface area contributed by atoms with Crippen LogP contribution < -0.4 is 11.1 Å². The largest absolute Gasteiger partial charge is 0.354 e. The van der Waals surface area contributed by atoms with Gasteiger partial charge in [-0.05, 0) is 0 Å². The third-order valence-corrected chi connectivity index (χ3v) is 1.69. The lowest BCUT2D eigenvalue weighted by Gasteiger charge is -2.13. The molecule has 0 bridgehead atoms. The average molecular weight is 201 g/mol. The highest BCUT2D eigenvalue weighted by atomic mass is 16.7. The summed E-state index contributed by atoms with van der Waals surface area (Å²) in [6.45, 7) is 0.128. The van der Waals surface area contributed by atoms with Gasteiger partial charge in [-0.2, -0.15) is 5.10 Å². The summed E-state index contributed by atoms with van der Waals surface area (Å²) in [5.41, 5.74) is -1.45. The Balaban J connectivity index is 2.92. The second kappa shape index (κ2) is 4.68. The van der Waals surface area contributed by atoms with Gasteiger partial charge < -0.3 is 9.47 Å². The Hall–Kier alpha value is -1.47. The number of rotatable bonds is 4. The number of hydrogen-bond donors (Lipinski definition) is 1. The van der Waals surface area contributed by atoms with Crippen LogP contribution in [0.2, 0.25) is 0 Å². The van der Waals surface area contributed by atoms with E-state index in [1.165, 1.54) is 20.5 Å². The number of H-pyrrole nitrogens is 1. The van der Waals surface area contributed by atoms with Crippen LogP contribution in [0.15, 0.2) is 15.9 Å². The van der Waals surface area contributed by atoms with E-state index >= 15 is 0 Å². The van der Waals surface area contributed by atoms with Crippen molar-refractivity contribution in [1.82, 2.24) is 14.8 Å². The molecule has 1 aromatic rings. The molecule has 1 aromatic heterocycles. The van der Waals surface area contributed by atoms with Crippen LogP contribution in [-0.2, 0) is 16.0 Å². The van der Waals surface area contributed by atoms with E-state index in [1.54, 1.807) is 0 Å². The molecule has 14 heavy (non-hydrogen) atoms. The number of aromatic nitrogens is 3. The van der Waals surface area contributed by atoms with Crippen LogP contribution in [0.25, 0.3) is 0 Å². The summed E-state index contributed by atoms with van der Waals surface area (Å²) < 4.78 is 10.9. The van der Waals surface area contributed by atoms with Crippen molar-refractivity contribution in [1.29, 1.82) is 0 Å². The lowest BCUT2D eigenvalue weighted by atomic mass is 10.6. The molecule has 0 unspecified atom stereocenters. The average Bonchev–Trinajstić information content (AvgIpc) is 2.20. The van der Waals surface area contributed by atoms with Gasteiger partial charge in [0.2, 0.25) is 0 Å². The third kappa shape index (κ3) is 2.27. The Morgan fingerprint density at radius 1 is 1.50 bits per heavy atom. The van der Waals surface area contributed by atoms with Crippen molar-refractivity contribution in [3.05, 3.63) is 27.0 Å². The minimum absolute atomic E-state index is 0.128. The number of nitrogens with one attached hydrogen (secondary N) is 1. The molecule has 0 amide bonds. The molecule has 0 aliphatic carbocycles. The van der Waals surface area contributed by atoms with E-state index in [4.69, 9.17) is 9.47 Å². The van der Waals surface area contributed by atoms with Gasteiger partial charge in [-0.3, -0.25) is 14.2 Å². The van der Waals surface area contributed by atoms with Crippen LogP contribution in [0.3, 0.4) is 0 Å². The summed E-state index contributed by atoms with van der Waals surface area (Å²) in [7, 11) is 2.89. The lowest BCUT2D eigenvalue weighted by Crippen LogP contribution is -2.39. The van der Waals surface area contributed by atoms with Gasteiger partial charge >= 0.3 is 11.1 Å². The first-order valence-electron chi connectivity index (χ1n) is 3.88. The van der Waals surface area contributed by atoms with Crippen LogP contribution in [0.5, 0.6) is 0 Å². The molecule has 7 nitrogen and oxygen atoms in total. The van der Waals surface area contributed by atoms with E-state index in [9.17, 15) is 9.59 Å². The minimum atomic E-state index is -0.765. The van der Waals surface area contributed by atoms with E-state index in [2.05, 4.69) is 5.10 Å². The van der Waals surface area contributed by atoms with Gasteiger partial charge in [-0.15, -0.1) is 0 Å². The van der Waals surface area contributed by atoms with Gasteiger partial charge in [0.1, 0.15) is 6.33 Å². The number of aromatic amines is 1. The van der Waals surface area contributed by atoms with Gasteiger partial charge in [0.25, 0.3) is 0 Å². The first-order chi connectivity index (χ1) is 6.69. The second-order valence-electron chi connectivity index (χ2n) is 2.54. The molecule has 78 valence electrons. The number of ether oxygens (including phenoxy) is 2. The molecule has 1 heterocycles. The van der Waals surface area contributed by atoms with Gasteiger partial charge in [0.15, 0.2) is 6.29 Å². The quantitative estimate of drug-likeness (QED) is 0.475. The maximum absolute atomic E-state index is 11.2. The normalized spacial score (nSPS) is 10.8. The first-order valence-corrected chi connectivity index (χ1v) is 3.88. The highest BCUT2D eigenvalue weighted by molar-refractivity contribution is 4.74. The predicted molar refractivity (Wildman–Crippen MR) is 46.9 cm³/mol. The zero-order chi connectivity index (χ0) is 10.6. The fourth-order valence-corrected chi connectivity index (χ4v) is 0.924. The number of nitrogens with zero attached hydrogens (tertiary/aromatic N) is 2. The SMILES string of the molecule is COC(Cn1cn[nH]c(=O)c1=O)OC. The number of hydrogen-bond acceptors (Lipinski definition) is 5. The van der Waals surface area contributed by atoms with Crippen molar-refractivity contribution in [2.45, 2.75) is 12.8 Å². The van der Waals surface area contributed by atoms with E-state index in [-0.39, 0.29) is 6.54 Å². The highest BCUT2D eigenvalue weighted by Gasteiger charge is 2.08. The molecule has 0 fully saturated rings. The van der Waals surface area contributed by atoms with Gasteiger partial charge in [-0.1, -0.05) is 0 Å². The molecule has 0 atom stereocenters. The van der Waals surface area contributed by atoms with Gasteiger partial charge in [0.05, 0.1) is 6.54 Å². The smallest absolute Gasteiger partial charge is 0.330 e. The Morgan fingerprint density at radius 2 is 2.14 bits per heavy atom. The van der Waals surface area contributed by atoms with Crippen molar-refractivity contribution in [3.63, 3.8) is 0 Å². The molecular weight excluding hydrogens is 190 g/mol. The fourth-order valence-electron chi connectivity index (χ4n) is 0.924. The van der Waals surface area contributed by atoms with Gasteiger partial charge in [-0.25, -0.2) is 5.10 Å². The Bertz CT molecular complexity index is 392. The van der Waals surface area contributed by atoms with Crippen molar-refractivity contribution in [3.8, 4) is 0 Å². The topological polar surface area (TPSA) is 86.2 Å². The molecule has 0 saturated heterocycles. The molecule has 0 aliphatic rings. The Morgan fingerprint density at radius 3 is 2.71 bits per heavy atom. The van der Waals surface area contributed by atoms with Crippen molar-refractivity contribution >= 4 is 0 Å². The summed E-state index contributed by atoms with van der Waals surface area (Å²) in [6, 6.07) is 0. The van der Waals surface area contributed by atoms with Crippen LogP contribution in [0.4, 0.5) is 0 Å². The Labute approximate surface area is 79.3 Å². The van der Waals surface area contributed by atoms with Crippen LogP contribution >= 0.6 is 0 Å². The van der Waals surface area contributed by atoms with Gasteiger partial charge in [0, 0.05) is 14.2 Å². The van der Waals surface area contributed by atoms with Crippen LogP contribution in [0, 0.1) is 0 Å². The van der Waals surface area contributed by atoms with E-state index in [0.717, 1.165) is 4.57 Å². The summed E-state index contributed by atoms with van der Waals surface area (Å²) in [4.78, 5) is 22.1. The molecule has 7 heteroatoms. The zero-order valence-corrected chi connectivity index (χ0v) is 7.89. The molecular formula is C7H11N3O4. The molecule has 0 spiro atoms. The molecule has 0 aliphatic heterocycles. The lowest BCUT2D eigenvalue weighted by molar-refractivity contribution is -0.111. The maximum atomic E-state index is 11.2. The van der Waals surface area contributed by atoms with E-state index in [0.29, 0.717) is 0 Å². The molecule has 0 aromatic carbocycles. The molecule has 1 N–H and O–H groups in total. The maximum Gasteiger partial charge on any atom is 0.330 e. The second-order valence-corrected chi connectivity index (χ2v) is 2.54. The first kappa shape index (κ1) is 10.6. The fraction of sp³-hybridized carbons (Fsp3) is 0.571. The minimum Gasteiger partial charge on any atom is -0.354 e. The van der Waals surface area contributed by atoms with Crippen molar-refractivity contribution in [2.24, 2.45) is 0 Å². The molecule has 0 radical (unpaired) electrons. The molecule has 0 saturated carbocycles. The summed E-state index contributed by atoms with van der Waals surface area (Å²) in [5, 5.41) is 5.51. The van der Waals surface area contributed by atoms with Crippen LogP contribution in [-0.4, -0.2) is 35.3 Å². The standard InChI is InChI=1S/C7H11N3O4/c1-13-5(14-2)3-10-4-8-9-6(11)7(10)12/h4-5H,3H2,1-2H3,(H,9,11). The van der Waals surface area contributed by atoms with E-state index in [1.807, 2.05) is 5.10 Å². The monoisotopic (exact) mass is 201 g/mol. The third-order valence-electron chi connectivity index (χ3n) is 1.69. The molecule has 1 rings (SSSR count). The van der Waals surface area contributed by atoms with E-state index < -0.39 is 17.4 Å². The van der Waals surface area contributed by atoms with Crippen molar-refractivity contribution < 1.29 is 9.47 Å². The number of methoxy groups -OCH3 is 2. The Kier molecular flexibility index (Phi) is 3.55. The zero-order valence-electron chi connectivity index (χ0n) is 7.89.